The molecule has 208 valence electrons. The molecule has 2 amide bonds. The van der Waals surface area contributed by atoms with Gasteiger partial charge in [0.15, 0.2) is 6.61 Å². The zero-order valence-corrected chi connectivity index (χ0v) is 23.1. The highest BCUT2D eigenvalue weighted by Gasteiger charge is 2.60. The van der Waals surface area contributed by atoms with Gasteiger partial charge in [0, 0.05) is 18.8 Å². The van der Waals surface area contributed by atoms with Crippen LogP contribution in [0, 0.1) is 17.3 Å². The van der Waals surface area contributed by atoms with Crippen LogP contribution in [0.3, 0.4) is 0 Å². The van der Waals surface area contributed by atoms with Gasteiger partial charge in [-0.05, 0) is 106 Å². The molecular weight excluding hydrogens is 494 g/mol. The molecule has 0 saturated heterocycles. The highest BCUT2D eigenvalue weighted by molar-refractivity contribution is 5.95. The zero-order valence-electron chi connectivity index (χ0n) is 23.1. The van der Waals surface area contributed by atoms with Crippen LogP contribution < -0.4 is 15.4 Å². The van der Waals surface area contributed by atoms with E-state index in [1.165, 1.54) is 19.1 Å². The summed E-state index contributed by atoms with van der Waals surface area (Å²) in [6.07, 6.45) is 6.46. The standard InChI is InChI=1S/C31H39N3O5/c1-34(2)12-11-32-29(37)31-17-21-13-22(18-31)16-30(15-21,20-31)24-7-9-26(10-8-24)39-19-27(35)33-25-6-4-5-23(14-25)28(36)38-3/h4-10,14,21-22H,11-13,15-20H2,1-3H3,(H,32,37)(H,33,35). The van der Waals surface area contributed by atoms with E-state index in [1.807, 2.05) is 26.2 Å². The lowest BCUT2D eigenvalue weighted by molar-refractivity contribution is -0.149. The number of carbonyl (C=O) groups excluding carboxylic acids is 3. The minimum absolute atomic E-state index is 0.0313. The van der Waals surface area contributed by atoms with E-state index in [-0.39, 0.29) is 29.3 Å². The molecule has 0 spiro atoms. The van der Waals surface area contributed by atoms with Crippen molar-refractivity contribution >= 4 is 23.5 Å². The van der Waals surface area contributed by atoms with Crippen molar-refractivity contribution in [2.45, 2.75) is 43.9 Å². The number of nitrogens with zero attached hydrogens (tertiary/aromatic N) is 1. The number of benzene rings is 2. The van der Waals surface area contributed by atoms with E-state index in [0.717, 1.165) is 38.6 Å². The predicted octanol–water partition coefficient (Wildman–Crippen LogP) is 4.01. The molecule has 2 atom stereocenters. The van der Waals surface area contributed by atoms with Gasteiger partial charge in [0.25, 0.3) is 5.91 Å². The van der Waals surface area contributed by atoms with Crippen LogP contribution in [0.1, 0.15) is 54.4 Å². The van der Waals surface area contributed by atoms with Gasteiger partial charge in [-0.3, -0.25) is 9.59 Å². The third kappa shape index (κ3) is 5.81. The summed E-state index contributed by atoms with van der Waals surface area (Å²) in [7, 11) is 5.37. The number of amides is 2. The summed E-state index contributed by atoms with van der Waals surface area (Å²) in [6, 6.07) is 14.7. The molecule has 4 bridgehead atoms. The number of hydrogen-bond acceptors (Lipinski definition) is 6. The van der Waals surface area contributed by atoms with Crippen LogP contribution in [0.4, 0.5) is 5.69 Å². The fourth-order valence-corrected chi connectivity index (χ4v) is 7.54. The molecule has 2 aromatic carbocycles. The lowest BCUT2D eigenvalue weighted by Gasteiger charge is -2.61. The van der Waals surface area contributed by atoms with Gasteiger partial charge in [0.2, 0.25) is 5.91 Å². The molecule has 4 saturated carbocycles. The SMILES string of the molecule is COC(=O)c1cccc(NC(=O)COc2ccc(C34CC5CC(CC(C(=O)NCCN(C)C)(C5)C3)C4)cc2)c1. The summed E-state index contributed by atoms with van der Waals surface area (Å²) in [4.78, 5) is 39.7. The lowest BCUT2D eigenvalue weighted by Crippen LogP contribution is -2.59. The quantitative estimate of drug-likeness (QED) is 0.448. The van der Waals surface area contributed by atoms with E-state index in [0.29, 0.717) is 35.4 Å². The molecule has 0 aliphatic heterocycles. The number of ether oxygens (including phenoxy) is 2. The number of nitrogens with one attached hydrogen (secondary N) is 2. The average molecular weight is 534 g/mol. The maximum absolute atomic E-state index is 13.4. The topological polar surface area (TPSA) is 97.0 Å². The van der Waals surface area contributed by atoms with Gasteiger partial charge in [-0.25, -0.2) is 4.79 Å². The maximum Gasteiger partial charge on any atom is 0.337 e. The van der Waals surface area contributed by atoms with E-state index in [2.05, 4.69) is 27.7 Å². The van der Waals surface area contributed by atoms with Crippen molar-refractivity contribution in [2.75, 3.05) is 46.2 Å². The van der Waals surface area contributed by atoms with Crippen LogP contribution in [0.15, 0.2) is 48.5 Å². The first-order valence-electron chi connectivity index (χ1n) is 13.8. The lowest BCUT2D eigenvalue weighted by atomic mass is 9.42. The minimum atomic E-state index is -0.461. The van der Waals surface area contributed by atoms with Gasteiger partial charge in [0.1, 0.15) is 5.75 Å². The van der Waals surface area contributed by atoms with Gasteiger partial charge < -0.3 is 25.0 Å². The molecule has 0 radical (unpaired) electrons. The van der Waals surface area contributed by atoms with Gasteiger partial charge in [-0.15, -0.1) is 0 Å². The summed E-state index contributed by atoms with van der Waals surface area (Å²) in [5, 5.41) is 6.00. The number of anilines is 1. The number of esters is 1. The fourth-order valence-electron chi connectivity index (χ4n) is 7.54. The molecule has 2 N–H and O–H groups in total. The summed E-state index contributed by atoms with van der Waals surface area (Å²) in [5.41, 5.74) is 1.92. The van der Waals surface area contributed by atoms with Crippen LogP contribution >= 0.6 is 0 Å². The van der Waals surface area contributed by atoms with E-state index in [1.54, 1.807) is 24.3 Å². The van der Waals surface area contributed by atoms with Gasteiger partial charge in [0.05, 0.1) is 18.1 Å². The monoisotopic (exact) mass is 533 g/mol. The van der Waals surface area contributed by atoms with Crippen molar-refractivity contribution in [1.82, 2.24) is 10.2 Å². The zero-order chi connectivity index (χ0) is 27.6. The Labute approximate surface area is 230 Å². The van der Waals surface area contributed by atoms with Crippen LogP contribution in [0.25, 0.3) is 0 Å². The average Bonchev–Trinajstić information content (AvgIpc) is 2.91. The molecule has 2 unspecified atom stereocenters. The van der Waals surface area contributed by atoms with E-state index >= 15 is 0 Å². The Morgan fingerprint density at radius 1 is 1.00 bits per heavy atom. The Hall–Kier alpha value is -3.39. The molecule has 39 heavy (non-hydrogen) atoms. The Bertz CT molecular complexity index is 1210. The Morgan fingerprint density at radius 2 is 1.72 bits per heavy atom. The molecule has 6 rings (SSSR count). The van der Waals surface area contributed by atoms with Crippen molar-refractivity contribution in [3.05, 3.63) is 59.7 Å². The van der Waals surface area contributed by atoms with E-state index in [9.17, 15) is 14.4 Å². The van der Waals surface area contributed by atoms with Crippen molar-refractivity contribution < 1.29 is 23.9 Å². The normalized spacial score (nSPS) is 26.8. The minimum Gasteiger partial charge on any atom is -0.484 e. The first-order chi connectivity index (χ1) is 18.7. The van der Waals surface area contributed by atoms with Gasteiger partial charge >= 0.3 is 5.97 Å². The van der Waals surface area contributed by atoms with E-state index in [4.69, 9.17) is 9.47 Å². The summed E-state index contributed by atoms with van der Waals surface area (Å²) in [6.45, 7) is 1.39. The molecule has 4 aliphatic rings. The summed E-state index contributed by atoms with van der Waals surface area (Å²) in [5.74, 6) is 1.29. The fraction of sp³-hybridized carbons (Fsp3) is 0.516. The number of carbonyl (C=O) groups is 3. The van der Waals surface area contributed by atoms with Crippen molar-refractivity contribution in [1.29, 1.82) is 0 Å². The van der Waals surface area contributed by atoms with Crippen LogP contribution in [-0.2, 0) is 19.7 Å². The first-order valence-corrected chi connectivity index (χ1v) is 13.8. The molecule has 2 aromatic rings. The number of hydrogen-bond donors (Lipinski definition) is 2. The second kappa shape index (κ2) is 11.0. The second-order valence-corrected chi connectivity index (χ2v) is 12.0. The van der Waals surface area contributed by atoms with Gasteiger partial charge in [-0.2, -0.15) is 0 Å². The van der Waals surface area contributed by atoms with Crippen LogP contribution in [-0.4, -0.2) is 63.6 Å². The molecular formula is C31H39N3O5. The highest BCUT2D eigenvalue weighted by Crippen LogP contribution is 2.65. The Kier molecular flexibility index (Phi) is 7.67. The maximum atomic E-state index is 13.4. The molecule has 8 heteroatoms. The molecule has 0 aromatic heterocycles. The number of methoxy groups -OCH3 is 1. The Morgan fingerprint density at radius 3 is 2.38 bits per heavy atom. The summed E-state index contributed by atoms with van der Waals surface area (Å²) >= 11 is 0. The summed E-state index contributed by atoms with van der Waals surface area (Å²) < 4.78 is 10.5. The largest absolute Gasteiger partial charge is 0.484 e. The van der Waals surface area contributed by atoms with Crippen molar-refractivity contribution in [2.24, 2.45) is 17.3 Å². The number of likely N-dealkylation sites (N-methyl/N-ethyl adjacent to an activating group) is 1. The van der Waals surface area contributed by atoms with E-state index < -0.39 is 5.97 Å². The van der Waals surface area contributed by atoms with Crippen LogP contribution in [0.2, 0.25) is 0 Å². The predicted molar refractivity (Wildman–Crippen MR) is 149 cm³/mol. The smallest absolute Gasteiger partial charge is 0.337 e. The highest BCUT2D eigenvalue weighted by atomic mass is 16.5. The molecule has 0 heterocycles. The second-order valence-electron chi connectivity index (χ2n) is 12.0. The molecule has 4 fully saturated rings. The Balaban J connectivity index is 1.21. The molecule has 4 aliphatic carbocycles. The van der Waals surface area contributed by atoms with Crippen molar-refractivity contribution in [3.8, 4) is 5.75 Å². The third-order valence-electron chi connectivity index (χ3n) is 8.79. The first kappa shape index (κ1) is 27.2. The number of rotatable bonds is 10. The molecule has 8 nitrogen and oxygen atoms in total. The van der Waals surface area contributed by atoms with Crippen molar-refractivity contribution in [3.63, 3.8) is 0 Å². The van der Waals surface area contributed by atoms with Crippen LogP contribution in [0.5, 0.6) is 5.75 Å². The van der Waals surface area contributed by atoms with Gasteiger partial charge in [-0.1, -0.05) is 18.2 Å². The third-order valence-corrected chi connectivity index (χ3v) is 8.79.